The third kappa shape index (κ3) is 4.77. The standard InChI is InChI=1S/C13H16Br2N4O2/c1-8-5-9(14)12(10(15)6-8)17-13-19-18-11(21-13)7-16-3-4-20-2/h5-6,16H,3-4,7H2,1-2H3,(H,17,19). The van der Waals surface area contributed by atoms with Crippen LogP contribution in [0.25, 0.3) is 0 Å². The summed E-state index contributed by atoms with van der Waals surface area (Å²) in [5.74, 6) is 0.521. The van der Waals surface area contributed by atoms with Crippen LogP contribution in [0.3, 0.4) is 0 Å². The zero-order chi connectivity index (χ0) is 15.2. The Morgan fingerprint density at radius 1 is 1.24 bits per heavy atom. The molecule has 8 heteroatoms. The summed E-state index contributed by atoms with van der Waals surface area (Å²) in [5, 5.41) is 14.2. The lowest BCUT2D eigenvalue weighted by molar-refractivity contribution is 0.198. The summed E-state index contributed by atoms with van der Waals surface area (Å²) in [6, 6.07) is 4.37. The molecule has 0 saturated carbocycles. The first-order chi connectivity index (χ1) is 10.1. The van der Waals surface area contributed by atoms with Crippen LogP contribution in [0, 0.1) is 6.92 Å². The third-order valence-electron chi connectivity index (χ3n) is 2.64. The fourth-order valence-electron chi connectivity index (χ4n) is 1.67. The first kappa shape index (κ1) is 16.4. The molecule has 0 atom stereocenters. The lowest BCUT2D eigenvalue weighted by Gasteiger charge is -2.08. The number of anilines is 2. The lowest BCUT2D eigenvalue weighted by Crippen LogP contribution is -2.18. The van der Waals surface area contributed by atoms with Gasteiger partial charge in [0.25, 0.3) is 0 Å². The predicted molar refractivity (Wildman–Crippen MR) is 87.7 cm³/mol. The maximum absolute atomic E-state index is 5.53. The van der Waals surface area contributed by atoms with Gasteiger partial charge < -0.3 is 19.8 Å². The van der Waals surface area contributed by atoms with E-state index in [1.165, 1.54) is 0 Å². The van der Waals surface area contributed by atoms with Crippen LogP contribution in [0.4, 0.5) is 11.7 Å². The minimum atomic E-state index is 0.351. The molecule has 1 aromatic carbocycles. The number of hydrogen-bond acceptors (Lipinski definition) is 6. The van der Waals surface area contributed by atoms with E-state index >= 15 is 0 Å². The van der Waals surface area contributed by atoms with Crippen LogP contribution in [0.2, 0.25) is 0 Å². The average molecular weight is 420 g/mol. The molecule has 0 fully saturated rings. The second-order valence-electron chi connectivity index (χ2n) is 4.40. The molecule has 1 heterocycles. The molecule has 2 N–H and O–H groups in total. The Labute approximate surface area is 139 Å². The number of methoxy groups -OCH3 is 1. The number of nitrogens with one attached hydrogen (secondary N) is 2. The van der Waals surface area contributed by atoms with Gasteiger partial charge >= 0.3 is 6.01 Å². The van der Waals surface area contributed by atoms with Crippen LogP contribution < -0.4 is 10.6 Å². The molecule has 0 radical (unpaired) electrons. The first-order valence-corrected chi connectivity index (χ1v) is 7.93. The predicted octanol–water partition coefficient (Wildman–Crippen LogP) is 3.38. The van der Waals surface area contributed by atoms with Gasteiger partial charge in [0, 0.05) is 22.6 Å². The van der Waals surface area contributed by atoms with Crippen LogP contribution in [0.5, 0.6) is 0 Å². The molecule has 0 amide bonds. The van der Waals surface area contributed by atoms with Crippen molar-refractivity contribution in [2.45, 2.75) is 13.5 Å². The zero-order valence-electron chi connectivity index (χ0n) is 11.7. The van der Waals surface area contributed by atoms with Gasteiger partial charge in [-0.1, -0.05) is 5.10 Å². The summed E-state index contributed by atoms with van der Waals surface area (Å²) < 4.78 is 12.3. The van der Waals surface area contributed by atoms with Gasteiger partial charge in [0.05, 0.1) is 18.8 Å². The van der Waals surface area contributed by atoms with Gasteiger partial charge in [-0.2, -0.15) is 0 Å². The summed E-state index contributed by atoms with van der Waals surface area (Å²) in [5.41, 5.74) is 2.00. The van der Waals surface area contributed by atoms with Gasteiger partial charge in [-0.05, 0) is 56.5 Å². The summed E-state index contributed by atoms with van der Waals surface area (Å²) in [4.78, 5) is 0. The van der Waals surface area contributed by atoms with Crippen molar-refractivity contribution in [3.05, 3.63) is 32.5 Å². The summed E-state index contributed by atoms with van der Waals surface area (Å²) >= 11 is 7.03. The van der Waals surface area contributed by atoms with Gasteiger partial charge in [-0.25, -0.2) is 0 Å². The third-order valence-corrected chi connectivity index (χ3v) is 3.90. The molecule has 6 nitrogen and oxygen atoms in total. The smallest absolute Gasteiger partial charge is 0.320 e. The van der Waals surface area contributed by atoms with E-state index in [-0.39, 0.29) is 0 Å². The van der Waals surface area contributed by atoms with Gasteiger partial charge in [0.1, 0.15) is 0 Å². The molecular weight excluding hydrogens is 404 g/mol. The van der Waals surface area contributed by atoms with E-state index in [9.17, 15) is 0 Å². The average Bonchev–Trinajstić information content (AvgIpc) is 2.87. The zero-order valence-corrected chi connectivity index (χ0v) is 14.9. The van der Waals surface area contributed by atoms with E-state index in [1.807, 2.05) is 19.1 Å². The van der Waals surface area contributed by atoms with Crippen molar-refractivity contribution in [2.24, 2.45) is 0 Å². The summed E-state index contributed by atoms with van der Waals surface area (Å²) in [6.07, 6.45) is 0. The van der Waals surface area contributed by atoms with Crippen LogP contribution in [-0.4, -0.2) is 30.5 Å². The van der Waals surface area contributed by atoms with Crippen molar-refractivity contribution < 1.29 is 9.15 Å². The van der Waals surface area contributed by atoms with Gasteiger partial charge in [0.15, 0.2) is 0 Å². The normalized spacial score (nSPS) is 10.9. The molecule has 0 aliphatic heterocycles. The molecule has 0 bridgehead atoms. The van der Waals surface area contributed by atoms with Gasteiger partial charge in [-0.15, -0.1) is 5.10 Å². The highest BCUT2D eigenvalue weighted by molar-refractivity contribution is 9.11. The van der Waals surface area contributed by atoms with E-state index < -0.39 is 0 Å². The molecule has 1 aromatic heterocycles. The SMILES string of the molecule is COCCNCc1nnc(Nc2c(Br)cc(C)cc2Br)o1. The Morgan fingerprint density at radius 3 is 2.62 bits per heavy atom. The monoisotopic (exact) mass is 418 g/mol. The van der Waals surface area contributed by atoms with Crippen LogP contribution in [0.1, 0.15) is 11.5 Å². The summed E-state index contributed by atoms with van der Waals surface area (Å²) in [6.45, 7) is 3.91. The lowest BCUT2D eigenvalue weighted by atomic mass is 10.2. The largest absolute Gasteiger partial charge is 0.406 e. The number of aromatic nitrogens is 2. The van der Waals surface area contributed by atoms with E-state index in [0.717, 1.165) is 26.7 Å². The number of benzene rings is 1. The highest BCUT2D eigenvalue weighted by Gasteiger charge is 2.11. The fourth-order valence-corrected chi connectivity index (χ4v) is 3.28. The Hall–Kier alpha value is -0.960. The van der Waals surface area contributed by atoms with Crippen molar-refractivity contribution in [1.82, 2.24) is 15.5 Å². The quantitative estimate of drug-likeness (QED) is 0.670. The van der Waals surface area contributed by atoms with E-state index in [0.29, 0.717) is 25.1 Å². The molecule has 2 aromatic rings. The molecule has 114 valence electrons. The summed E-state index contributed by atoms with van der Waals surface area (Å²) in [7, 11) is 1.66. The van der Waals surface area contributed by atoms with E-state index in [4.69, 9.17) is 9.15 Å². The van der Waals surface area contributed by atoms with Crippen molar-refractivity contribution >= 4 is 43.6 Å². The molecule has 0 aliphatic rings. The minimum Gasteiger partial charge on any atom is -0.406 e. The van der Waals surface area contributed by atoms with Crippen LogP contribution >= 0.6 is 31.9 Å². The van der Waals surface area contributed by atoms with Crippen molar-refractivity contribution in [1.29, 1.82) is 0 Å². The van der Waals surface area contributed by atoms with Gasteiger partial charge in [0.2, 0.25) is 5.89 Å². The second-order valence-corrected chi connectivity index (χ2v) is 6.11. The first-order valence-electron chi connectivity index (χ1n) is 6.35. The van der Waals surface area contributed by atoms with Crippen molar-refractivity contribution in [2.75, 3.05) is 25.6 Å². The molecular formula is C13H16Br2N4O2. The highest BCUT2D eigenvalue weighted by atomic mass is 79.9. The number of rotatable bonds is 7. The fraction of sp³-hybridized carbons (Fsp3) is 0.385. The highest BCUT2D eigenvalue weighted by Crippen LogP contribution is 2.34. The molecule has 0 spiro atoms. The van der Waals surface area contributed by atoms with Gasteiger partial charge in [-0.3, -0.25) is 0 Å². The Morgan fingerprint density at radius 2 is 1.95 bits per heavy atom. The number of nitrogens with zero attached hydrogens (tertiary/aromatic N) is 2. The Bertz CT molecular complexity index is 581. The van der Waals surface area contributed by atoms with Crippen LogP contribution in [-0.2, 0) is 11.3 Å². The molecule has 0 unspecified atom stereocenters. The molecule has 21 heavy (non-hydrogen) atoms. The van der Waals surface area contributed by atoms with Crippen molar-refractivity contribution in [3.8, 4) is 0 Å². The Balaban J connectivity index is 1.99. The Kier molecular flexibility index (Phi) is 6.16. The molecule has 2 rings (SSSR count). The molecule has 0 aliphatic carbocycles. The number of ether oxygens (including phenoxy) is 1. The van der Waals surface area contributed by atoms with Crippen molar-refractivity contribution in [3.63, 3.8) is 0 Å². The topological polar surface area (TPSA) is 72.2 Å². The van der Waals surface area contributed by atoms with Crippen LogP contribution in [0.15, 0.2) is 25.5 Å². The number of hydrogen-bond donors (Lipinski definition) is 2. The van der Waals surface area contributed by atoms with E-state index in [2.05, 4.69) is 52.7 Å². The number of aryl methyl sites for hydroxylation is 1. The maximum atomic E-state index is 5.53. The number of halogens is 2. The minimum absolute atomic E-state index is 0.351. The molecule has 0 saturated heterocycles. The van der Waals surface area contributed by atoms with E-state index in [1.54, 1.807) is 7.11 Å². The second kappa shape index (κ2) is 7.88. The maximum Gasteiger partial charge on any atom is 0.320 e.